The molecule has 2 aromatic rings. The van der Waals surface area contributed by atoms with E-state index in [0.29, 0.717) is 6.54 Å². The summed E-state index contributed by atoms with van der Waals surface area (Å²) in [4.78, 5) is 20.3. The molecule has 33 heavy (non-hydrogen) atoms. The molecule has 1 amide bonds. The lowest BCUT2D eigenvalue weighted by Crippen LogP contribution is -2.48. The van der Waals surface area contributed by atoms with Gasteiger partial charge in [-0.15, -0.1) is 0 Å². The summed E-state index contributed by atoms with van der Waals surface area (Å²) in [5.74, 6) is 0.00674. The van der Waals surface area contributed by atoms with Crippen LogP contribution >= 0.6 is 0 Å². The summed E-state index contributed by atoms with van der Waals surface area (Å²) in [6.45, 7) is 12.5. The molecule has 0 unspecified atom stereocenters. The van der Waals surface area contributed by atoms with Crippen molar-refractivity contribution in [2.45, 2.75) is 45.1 Å². The van der Waals surface area contributed by atoms with Crippen LogP contribution in [0.2, 0.25) is 0 Å². The number of hydrogen-bond acceptors (Lipinski definition) is 4. The molecule has 178 valence electrons. The van der Waals surface area contributed by atoms with E-state index in [1.807, 2.05) is 12.1 Å². The largest absolute Gasteiger partial charge is 0.374 e. The second-order valence-electron chi connectivity index (χ2n) is 10.8. The zero-order chi connectivity index (χ0) is 23.6. The molecule has 1 fully saturated rings. The number of anilines is 1. The quantitative estimate of drug-likeness (QED) is 0.748. The van der Waals surface area contributed by atoms with Gasteiger partial charge in [-0.3, -0.25) is 9.69 Å². The van der Waals surface area contributed by atoms with E-state index in [0.717, 1.165) is 44.7 Å². The monoisotopic (exact) mass is 448 g/mol. The van der Waals surface area contributed by atoms with E-state index < -0.39 is 0 Å². The molecule has 2 heterocycles. The van der Waals surface area contributed by atoms with Gasteiger partial charge in [0.2, 0.25) is 0 Å². The molecule has 5 heteroatoms. The molecular weight excluding hydrogens is 408 g/mol. The molecular formula is C28H40N4O. The molecule has 5 nitrogen and oxygen atoms in total. The van der Waals surface area contributed by atoms with Crippen LogP contribution in [0, 0.1) is 0 Å². The van der Waals surface area contributed by atoms with E-state index >= 15 is 0 Å². The fourth-order valence-electron chi connectivity index (χ4n) is 5.02. The van der Waals surface area contributed by atoms with Crippen LogP contribution in [-0.2, 0) is 11.8 Å². The predicted octanol–water partition coefficient (Wildman–Crippen LogP) is 4.09. The van der Waals surface area contributed by atoms with E-state index in [1.54, 1.807) is 0 Å². The van der Waals surface area contributed by atoms with Crippen LogP contribution in [0.4, 0.5) is 5.69 Å². The Bertz CT molecular complexity index is 955. The summed E-state index contributed by atoms with van der Waals surface area (Å²) in [5.41, 5.74) is 6.16. The Hall–Kier alpha value is -2.37. The number of likely N-dealkylation sites (N-methyl/N-ethyl adjacent to an activating group) is 1. The second-order valence-corrected chi connectivity index (χ2v) is 10.8. The highest BCUT2D eigenvalue weighted by Gasteiger charge is 2.26. The lowest BCUT2D eigenvalue weighted by molar-refractivity contribution is 0.0886. The van der Waals surface area contributed by atoms with Crippen LogP contribution in [0.15, 0.2) is 42.5 Å². The van der Waals surface area contributed by atoms with Crippen LogP contribution in [0.25, 0.3) is 0 Å². The Morgan fingerprint density at radius 3 is 2.33 bits per heavy atom. The zero-order valence-corrected chi connectivity index (χ0v) is 21.0. The van der Waals surface area contributed by atoms with Crippen molar-refractivity contribution in [3.63, 3.8) is 0 Å². The number of rotatable bonds is 5. The third-order valence-electron chi connectivity index (χ3n) is 7.29. The van der Waals surface area contributed by atoms with Gasteiger partial charge in [-0.25, -0.2) is 0 Å². The molecule has 2 aromatic carbocycles. The van der Waals surface area contributed by atoms with E-state index in [-0.39, 0.29) is 17.4 Å². The molecule has 1 N–H and O–H groups in total. The molecule has 1 atom stereocenters. The first-order valence-electron chi connectivity index (χ1n) is 12.4. The molecule has 0 aromatic heterocycles. The Morgan fingerprint density at radius 2 is 1.67 bits per heavy atom. The van der Waals surface area contributed by atoms with Gasteiger partial charge in [-0.2, -0.15) is 0 Å². The average Bonchev–Trinajstić information content (AvgIpc) is 2.80. The van der Waals surface area contributed by atoms with Gasteiger partial charge in [0, 0.05) is 57.6 Å². The molecule has 0 aliphatic carbocycles. The van der Waals surface area contributed by atoms with Gasteiger partial charge in [0.15, 0.2) is 0 Å². The maximum atomic E-state index is 13.0. The van der Waals surface area contributed by atoms with Gasteiger partial charge in [0.05, 0.1) is 6.04 Å². The van der Waals surface area contributed by atoms with Crippen LogP contribution in [0.3, 0.4) is 0 Å². The Kier molecular flexibility index (Phi) is 7.10. The Balaban J connectivity index is 1.51. The van der Waals surface area contributed by atoms with Crippen molar-refractivity contribution in [2.75, 3.05) is 58.3 Å². The molecule has 1 saturated heterocycles. The summed E-state index contributed by atoms with van der Waals surface area (Å²) < 4.78 is 0. The number of benzene rings is 2. The number of piperazine rings is 1. The first-order chi connectivity index (χ1) is 15.7. The van der Waals surface area contributed by atoms with Crippen LogP contribution in [0.1, 0.15) is 60.3 Å². The fourth-order valence-corrected chi connectivity index (χ4v) is 5.02. The fraction of sp³-hybridized carbons (Fsp3) is 0.536. The van der Waals surface area contributed by atoms with Crippen molar-refractivity contribution in [1.29, 1.82) is 0 Å². The van der Waals surface area contributed by atoms with Gasteiger partial charge in [-0.05, 0) is 60.2 Å². The number of fused-ring (bicyclic) bond motifs is 1. The number of nitrogens with one attached hydrogen (secondary N) is 1. The Labute approximate surface area is 199 Å². The van der Waals surface area contributed by atoms with E-state index in [1.165, 1.54) is 28.8 Å². The molecule has 0 radical (unpaired) electrons. The van der Waals surface area contributed by atoms with Crippen molar-refractivity contribution >= 4 is 11.6 Å². The van der Waals surface area contributed by atoms with Crippen LogP contribution in [-0.4, -0.2) is 69.1 Å². The van der Waals surface area contributed by atoms with Crippen molar-refractivity contribution in [3.05, 3.63) is 64.7 Å². The predicted molar refractivity (Wildman–Crippen MR) is 137 cm³/mol. The molecule has 2 aliphatic heterocycles. The number of carbonyl (C=O) groups excluding carboxylic acids is 1. The first kappa shape index (κ1) is 23.8. The molecule has 0 saturated carbocycles. The van der Waals surface area contributed by atoms with E-state index in [2.05, 4.69) is 85.2 Å². The number of hydrogen-bond donors (Lipinski definition) is 1. The van der Waals surface area contributed by atoms with Crippen LogP contribution in [0.5, 0.6) is 0 Å². The van der Waals surface area contributed by atoms with Crippen molar-refractivity contribution < 1.29 is 4.79 Å². The van der Waals surface area contributed by atoms with Gasteiger partial charge >= 0.3 is 0 Å². The highest BCUT2D eigenvalue weighted by Crippen LogP contribution is 2.31. The zero-order valence-electron chi connectivity index (χ0n) is 21.0. The van der Waals surface area contributed by atoms with Crippen LogP contribution < -0.4 is 10.2 Å². The SMILES string of the molecule is CN1CCN([C@@H](CNC(=O)c2ccc(C(C)(C)C)cc2)c2ccc3c(c2)CCCN3C)CC1. The van der Waals surface area contributed by atoms with E-state index in [4.69, 9.17) is 0 Å². The average molecular weight is 449 g/mol. The van der Waals surface area contributed by atoms with Gasteiger partial charge in [-0.1, -0.05) is 45.0 Å². The maximum absolute atomic E-state index is 13.0. The standard InChI is InChI=1S/C28H40N4O/c1-28(2,3)24-11-8-21(9-12-24)27(33)29-20-26(32-17-15-30(4)16-18-32)23-10-13-25-22(19-23)7-6-14-31(25)5/h8-13,19,26H,6-7,14-18,20H2,1-5H3,(H,29,33)/t26-/m0/s1. The molecule has 4 rings (SSSR count). The summed E-state index contributed by atoms with van der Waals surface area (Å²) in [6, 6.07) is 15.2. The topological polar surface area (TPSA) is 38.8 Å². The second kappa shape index (κ2) is 9.86. The minimum Gasteiger partial charge on any atom is -0.374 e. The summed E-state index contributed by atoms with van der Waals surface area (Å²) in [6.07, 6.45) is 2.34. The number of carbonyl (C=O) groups is 1. The first-order valence-corrected chi connectivity index (χ1v) is 12.4. The number of aryl methyl sites for hydroxylation is 1. The smallest absolute Gasteiger partial charge is 0.251 e. The van der Waals surface area contributed by atoms with Crippen molar-refractivity contribution in [3.8, 4) is 0 Å². The molecule has 0 bridgehead atoms. The minimum atomic E-state index is 0.00674. The van der Waals surface area contributed by atoms with Gasteiger partial charge < -0.3 is 15.1 Å². The summed E-state index contributed by atoms with van der Waals surface area (Å²) in [5, 5.41) is 3.25. The van der Waals surface area contributed by atoms with Gasteiger partial charge in [0.25, 0.3) is 5.91 Å². The number of amides is 1. The maximum Gasteiger partial charge on any atom is 0.251 e. The minimum absolute atomic E-state index is 0.00674. The highest BCUT2D eigenvalue weighted by atomic mass is 16.1. The lowest BCUT2D eigenvalue weighted by Gasteiger charge is -2.39. The van der Waals surface area contributed by atoms with Crippen molar-refractivity contribution in [2.24, 2.45) is 0 Å². The lowest BCUT2D eigenvalue weighted by atomic mass is 9.86. The van der Waals surface area contributed by atoms with Gasteiger partial charge in [0.1, 0.15) is 0 Å². The normalized spacial score (nSPS) is 18.6. The highest BCUT2D eigenvalue weighted by molar-refractivity contribution is 5.94. The summed E-state index contributed by atoms with van der Waals surface area (Å²) >= 11 is 0. The molecule has 0 spiro atoms. The van der Waals surface area contributed by atoms with E-state index in [9.17, 15) is 4.79 Å². The third-order valence-corrected chi connectivity index (χ3v) is 7.29. The third kappa shape index (κ3) is 5.59. The Morgan fingerprint density at radius 1 is 0.970 bits per heavy atom. The summed E-state index contributed by atoms with van der Waals surface area (Å²) in [7, 11) is 4.37. The number of nitrogens with zero attached hydrogens (tertiary/aromatic N) is 3. The molecule has 2 aliphatic rings. The van der Waals surface area contributed by atoms with Crippen molar-refractivity contribution in [1.82, 2.24) is 15.1 Å².